The zero-order valence-electron chi connectivity index (χ0n) is 11.1. The van der Waals surface area contributed by atoms with E-state index in [0.29, 0.717) is 0 Å². The molecule has 0 spiro atoms. The fourth-order valence-corrected chi connectivity index (χ4v) is 9.13. The SMILES string of the molecule is CCC1CCCCCCC[Si]1(CC)CC.[KH]. The third-order valence-electron chi connectivity index (χ3n) is 4.99. The second-order valence-corrected chi connectivity index (χ2v) is 10.9. The summed E-state index contributed by atoms with van der Waals surface area (Å²) in [5.74, 6) is 0. The normalized spacial score (nSPS) is 26.1. The Morgan fingerprint density at radius 3 is 2.00 bits per heavy atom. The van der Waals surface area contributed by atoms with Crippen LogP contribution in [0.5, 0.6) is 0 Å². The van der Waals surface area contributed by atoms with Crippen molar-refractivity contribution < 1.29 is 0 Å². The molecule has 0 saturated carbocycles. The van der Waals surface area contributed by atoms with Crippen LogP contribution in [0.1, 0.15) is 65.7 Å². The average Bonchev–Trinajstić information content (AvgIpc) is 2.38. The van der Waals surface area contributed by atoms with Gasteiger partial charge in [0.2, 0.25) is 0 Å². The summed E-state index contributed by atoms with van der Waals surface area (Å²) in [5.41, 5.74) is 1.14. The molecule has 0 aromatic heterocycles. The van der Waals surface area contributed by atoms with Crippen molar-refractivity contribution in [3.63, 3.8) is 0 Å². The molecule has 0 N–H and O–H groups in total. The minimum atomic E-state index is -0.875. The molecule has 0 amide bonds. The summed E-state index contributed by atoms with van der Waals surface area (Å²) in [6.45, 7) is 7.40. The van der Waals surface area contributed by atoms with Crippen molar-refractivity contribution in [2.75, 3.05) is 0 Å². The van der Waals surface area contributed by atoms with Crippen molar-refractivity contribution in [3.05, 3.63) is 0 Å². The molecular formula is C14H31KSi. The second kappa shape index (κ2) is 9.74. The van der Waals surface area contributed by atoms with Crippen molar-refractivity contribution in [2.45, 2.75) is 89.4 Å². The Kier molecular flexibility index (Phi) is 10.9. The molecule has 0 nitrogen and oxygen atoms in total. The van der Waals surface area contributed by atoms with Crippen LogP contribution >= 0.6 is 0 Å². The van der Waals surface area contributed by atoms with Crippen LogP contribution in [0.3, 0.4) is 0 Å². The maximum atomic E-state index is 2.48. The Hall–Kier alpha value is 1.85. The van der Waals surface area contributed by atoms with Crippen molar-refractivity contribution in [2.24, 2.45) is 0 Å². The minimum absolute atomic E-state index is 0. The van der Waals surface area contributed by atoms with Crippen LogP contribution < -0.4 is 0 Å². The Balaban J connectivity index is 0.00000225. The van der Waals surface area contributed by atoms with Gasteiger partial charge in [0.05, 0.1) is 8.07 Å². The Labute approximate surface area is 147 Å². The van der Waals surface area contributed by atoms with E-state index in [1.165, 1.54) is 32.1 Å². The van der Waals surface area contributed by atoms with Crippen LogP contribution in [0.25, 0.3) is 0 Å². The van der Waals surface area contributed by atoms with E-state index in [2.05, 4.69) is 20.8 Å². The molecule has 1 aliphatic rings. The van der Waals surface area contributed by atoms with E-state index < -0.39 is 8.07 Å². The van der Waals surface area contributed by atoms with Crippen molar-refractivity contribution in [1.82, 2.24) is 0 Å². The Morgan fingerprint density at radius 2 is 1.44 bits per heavy atom. The van der Waals surface area contributed by atoms with E-state index >= 15 is 0 Å². The zero-order valence-corrected chi connectivity index (χ0v) is 12.1. The third-order valence-corrected chi connectivity index (χ3v) is 11.6. The quantitative estimate of drug-likeness (QED) is 0.633. The second-order valence-electron chi connectivity index (χ2n) is 5.48. The molecule has 16 heavy (non-hydrogen) atoms. The van der Waals surface area contributed by atoms with Gasteiger partial charge in [0.25, 0.3) is 0 Å². The van der Waals surface area contributed by atoms with E-state index in [9.17, 15) is 0 Å². The molecule has 0 aliphatic carbocycles. The molecule has 2 heteroatoms. The monoisotopic (exact) mass is 266 g/mol. The molecule has 1 aliphatic heterocycles. The van der Waals surface area contributed by atoms with Gasteiger partial charge in [0, 0.05) is 0 Å². The summed E-state index contributed by atoms with van der Waals surface area (Å²) in [5, 5.41) is 0. The Morgan fingerprint density at radius 1 is 0.875 bits per heavy atom. The van der Waals surface area contributed by atoms with Crippen LogP contribution in [0.2, 0.25) is 23.7 Å². The van der Waals surface area contributed by atoms with E-state index in [0.717, 1.165) is 5.54 Å². The van der Waals surface area contributed by atoms with Gasteiger partial charge in [-0.2, -0.15) is 0 Å². The third kappa shape index (κ3) is 4.85. The van der Waals surface area contributed by atoms with Crippen LogP contribution in [-0.2, 0) is 0 Å². The zero-order chi connectivity index (χ0) is 11.1. The fraction of sp³-hybridized carbons (Fsp3) is 1.00. The van der Waals surface area contributed by atoms with Crippen molar-refractivity contribution in [1.29, 1.82) is 0 Å². The topological polar surface area (TPSA) is 0 Å². The van der Waals surface area contributed by atoms with Crippen LogP contribution in [-0.4, -0.2) is 59.5 Å². The first kappa shape index (κ1) is 17.9. The summed E-state index contributed by atoms with van der Waals surface area (Å²) >= 11 is 0. The van der Waals surface area contributed by atoms with E-state index in [1.807, 2.05) is 0 Å². The molecule has 0 radical (unpaired) electrons. The van der Waals surface area contributed by atoms with Gasteiger partial charge < -0.3 is 0 Å². The van der Waals surface area contributed by atoms with Gasteiger partial charge >= 0.3 is 51.4 Å². The molecule has 1 rings (SSSR count). The number of hydrogen-bond donors (Lipinski definition) is 0. The first-order chi connectivity index (χ1) is 7.29. The standard InChI is InChI=1S/C14H30Si.K.H/c1-4-14-12-10-8-7-9-11-13-15(14,5-2)6-3;;/h14H,4-13H2,1-3H3;;. The first-order valence-electron chi connectivity index (χ1n) is 7.29. The predicted molar refractivity (Wildman–Crippen MR) is 80.4 cm³/mol. The van der Waals surface area contributed by atoms with Gasteiger partial charge in [-0.25, -0.2) is 0 Å². The van der Waals surface area contributed by atoms with Gasteiger partial charge in [-0.05, 0) is 5.54 Å². The molecule has 1 unspecified atom stereocenters. The number of rotatable bonds is 3. The van der Waals surface area contributed by atoms with Crippen molar-refractivity contribution in [3.8, 4) is 0 Å². The average molecular weight is 267 g/mol. The molecule has 1 atom stereocenters. The van der Waals surface area contributed by atoms with Gasteiger partial charge in [-0.15, -0.1) is 0 Å². The van der Waals surface area contributed by atoms with Gasteiger partial charge in [-0.3, -0.25) is 0 Å². The van der Waals surface area contributed by atoms with E-state index in [4.69, 9.17) is 0 Å². The molecule has 0 aromatic rings. The van der Waals surface area contributed by atoms with Gasteiger partial charge in [0.15, 0.2) is 0 Å². The van der Waals surface area contributed by atoms with Crippen molar-refractivity contribution >= 4 is 59.5 Å². The first-order valence-corrected chi connectivity index (χ1v) is 9.99. The Bertz CT molecular complexity index is 166. The van der Waals surface area contributed by atoms with E-state index in [-0.39, 0.29) is 51.4 Å². The molecule has 1 heterocycles. The molecule has 0 bridgehead atoms. The summed E-state index contributed by atoms with van der Waals surface area (Å²) in [7, 11) is -0.875. The maximum absolute atomic E-state index is 2.48. The molecule has 1 saturated heterocycles. The fourth-order valence-electron chi connectivity index (χ4n) is 3.73. The van der Waals surface area contributed by atoms with E-state index in [1.54, 1.807) is 31.0 Å². The van der Waals surface area contributed by atoms with Gasteiger partial charge in [0.1, 0.15) is 0 Å². The molecular weight excluding hydrogens is 235 g/mol. The summed E-state index contributed by atoms with van der Waals surface area (Å²) in [6, 6.07) is 4.72. The molecule has 92 valence electrons. The van der Waals surface area contributed by atoms with Crippen LogP contribution in [0.4, 0.5) is 0 Å². The predicted octanol–water partition coefficient (Wildman–Crippen LogP) is 4.96. The molecule has 0 aromatic carbocycles. The van der Waals surface area contributed by atoms with Crippen LogP contribution in [0.15, 0.2) is 0 Å². The summed E-state index contributed by atoms with van der Waals surface area (Å²) in [6.07, 6.45) is 10.6. The summed E-state index contributed by atoms with van der Waals surface area (Å²) < 4.78 is 0. The summed E-state index contributed by atoms with van der Waals surface area (Å²) in [4.78, 5) is 0. The van der Waals surface area contributed by atoms with Crippen LogP contribution in [0, 0.1) is 0 Å². The number of hydrogen-bond acceptors (Lipinski definition) is 0. The molecule has 1 fully saturated rings. The van der Waals surface area contributed by atoms with Gasteiger partial charge in [-0.1, -0.05) is 83.8 Å².